The van der Waals surface area contributed by atoms with E-state index >= 15 is 0 Å². The van der Waals surface area contributed by atoms with Gasteiger partial charge in [0.15, 0.2) is 0 Å². The van der Waals surface area contributed by atoms with Crippen molar-refractivity contribution in [3.8, 4) is 17.2 Å². The number of rotatable bonds is 7. The first kappa shape index (κ1) is 20.6. The predicted octanol–water partition coefficient (Wildman–Crippen LogP) is 4.95. The molecular formula is C23H22ClNO4. The van der Waals surface area contributed by atoms with Crippen molar-refractivity contribution in [1.82, 2.24) is 0 Å². The molecule has 0 bridgehead atoms. The average molecular weight is 412 g/mol. The highest BCUT2D eigenvalue weighted by molar-refractivity contribution is 6.31. The van der Waals surface area contributed by atoms with Gasteiger partial charge >= 0.3 is 0 Å². The SMILES string of the molecule is COc1ccccc1CCOc1cccc(N(C)C(=O)c2cc(Cl)ccc2O)c1. The van der Waals surface area contributed by atoms with Gasteiger partial charge < -0.3 is 19.5 Å². The zero-order valence-electron chi connectivity index (χ0n) is 16.3. The van der Waals surface area contributed by atoms with Gasteiger partial charge in [0.05, 0.1) is 19.3 Å². The van der Waals surface area contributed by atoms with E-state index < -0.39 is 0 Å². The van der Waals surface area contributed by atoms with Crippen molar-refractivity contribution in [2.24, 2.45) is 0 Å². The van der Waals surface area contributed by atoms with Crippen LogP contribution in [0.5, 0.6) is 17.2 Å². The first-order valence-electron chi connectivity index (χ1n) is 9.11. The van der Waals surface area contributed by atoms with Crippen LogP contribution >= 0.6 is 11.6 Å². The van der Waals surface area contributed by atoms with Crippen molar-refractivity contribution in [2.75, 3.05) is 25.7 Å². The van der Waals surface area contributed by atoms with E-state index in [-0.39, 0.29) is 17.2 Å². The molecule has 5 nitrogen and oxygen atoms in total. The van der Waals surface area contributed by atoms with Gasteiger partial charge in [0.1, 0.15) is 17.2 Å². The average Bonchev–Trinajstić information content (AvgIpc) is 2.75. The van der Waals surface area contributed by atoms with Gasteiger partial charge in [-0.05, 0) is 42.0 Å². The number of phenolic OH excluding ortho intramolecular Hbond substituents is 1. The van der Waals surface area contributed by atoms with Crippen LogP contribution in [0.15, 0.2) is 66.7 Å². The van der Waals surface area contributed by atoms with Crippen LogP contribution < -0.4 is 14.4 Å². The summed E-state index contributed by atoms with van der Waals surface area (Å²) in [5.41, 5.74) is 1.85. The molecule has 0 radical (unpaired) electrons. The lowest BCUT2D eigenvalue weighted by atomic mass is 10.1. The molecule has 0 aliphatic heterocycles. The molecule has 0 aliphatic carbocycles. The van der Waals surface area contributed by atoms with Gasteiger partial charge in [-0.2, -0.15) is 0 Å². The van der Waals surface area contributed by atoms with Gasteiger partial charge in [-0.3, -0.25) is 4.79 Å². The Morgan fingerprint density at radius 3 is 2.66 bits per heavy atom. The smallest absolute Gasteiger partial charge is 0.261 e. The molecule has 1 amide bonds. The van der Waals surface area contributed by atoms with Crippen molar-refractivity contribution in [3.63, 3.8) is 0 Å². The molecule has 6 heteroatoms. The van der Waals surface area contributed by atoms with E-state index in [4.69, 9.17) is 21.1 Å². The number of hydrogen-bond donors (Lipinski definition) is 1. The van der Waals surface area contributed by atoms with Gasteiger partial charge in [0, 0.05) is 30.2 Å². The van der Waals surface area contributed by atoms with E-state index in [0.29, 0.717) is 29.5 Å². The zero-order valence-corrected chi connectivity index (χ0v) is 17.0. The summed E-state index contributed by atoms with van der Waals surface area (Å²) in [6.07, 6.45) is 0.694. The molecule has 0 unspecified atom stereocenters. The molecule has 0 atom stereocenters. The fourth-order valence-corrected chi connectivity index (χ4v) is 3.12. The number of methoxy groups -OCH3 is 1. The standard InChI is InChI=1S/C23H22ClNO4/c1-25(23(27)20-14-17(24)10-11-21(20)26)18-7-5-8-19(15-18)29-13-12-16-6-3-4-9-22(16)28-2/h3-11,14-15,26H,12-13H2,1-2H3. The van der Waals surface area contributed by atoms with Crippen LogP contribution in [0.3, 0.4) is 0 Å². The lowest BCUT2D eigenvalue weighted by Gasteiger charge is -2.19. The van der Waals surface area contributed by atoms with Crippen molar-refractivity contribution in [3.05, 3.63) is 82.9 Å². The van der Waals surface area contributed by atoms with Crippen molar-refractivity contribution >= 4 is 23.2 Å². The van der Waals surface area contributed by atoms with Crippen LogP contribution in [0.2, 0.25) is 5.02 Å². The number of ether oxygens (including phenoxy) is 2. The largest absolute Gasteiger partial charge is 0.507 e. The molecule has 29 heavy (non-hydrogen) atoms. The van der Waals surface area contributed by atoms with E-state index in [0.717, 1.165) is 11.3 Å². The van der Waals surface area contributed by atoms with E-state index in [1.54, 1.807) is 26.3 Å². The number of para-hydroxylation sites is 1. The Morgan fingerprint density at radius 1 is 1.07 bits per heavy atom. The molecule has 0 fully saturated rings. The first-order chi connectivity index (χ1) is 14.0. The highest BCUT2D eigenvalue weighted by atomic mass is 35.5. The second-order valence-electron chi connectivity index (χ2n) is 6.43. The molecule has 1 N–H and O–H groups in total. The van der Waals surface area contributed by atoms with Crippen LogP contribution in [0.4, 0.5) is 5.69 Å². The maximum absolute atomic E-state index is 12.8. The molecule has 150 valence electrons. The number of carbonyl (C=O) groups excluding carboxylic acids is 1. The third-order valence-corrected chi connectivity index (χ3v) is 4.77. The Bertz CT molecular complexity index is 1010. The fraction of sp³-hybridized carbons (Fsp3) is 0.174. The minimum atomic E-state index is -0.365. The van der Waals surface area contributed by atoms with Crippen LogP contribution in [0.25, 0.3) is 0 Å². The highest BCUT2D eigenvalue weighted by Gasteiger charge is 2.18. The molecular weight excluding hydrogens is 390 g/mol. The second kappa shape index (κ2) is 9.34. The number of hydrogen-bond acceptors (Lipinski definition) is 4. The van der Waals surface area contributed by atoms with Crippen LogP contribution in [-0.4, -0.2) is 31.8 Å². The Hall–Kier alpha value is -3.18. The summed E-state index contributed by atoms with van der Waals surface area (Å²) in [5, 5.41) is 10.4. The minimum absolute atomic E-state index is 0.115. The Labute approximate surface area is 175 Å². The number of amides is 1. The van der Waals surface area contributed by atoms with Crippen LogP contribution in [-0.2, 0) is 6.42 Å². The molecule has 0 aliphatic rings. The number of anilines is 1. The van der Waals surface area contributed by atoms with Crippen LogP contribution in [0, 0.1) is 0 Å². The number of halogens is 1. The zero-order chi connectivity index (χ0) is 20.8. The van der Waals surface area contributed by atoms with Gasteiger partial charge in [-0.25, -0.2) is 0 Å². The Kier molecular flexibility index (Phi) is 6.62. The number of benzene rings is 3. The number of aromatic hydroxyl groups is 1. The minimum Gasteiger partial charge on any atom is -0.507 e. The fourth-order valence-electron chi connectivity index (χ4n) is 2.95. The topological polar surface area (TPSA) is 59.0 Å². The normalized spacial score (nSPS) is 10.4. The molecule has 0 heterocycles. The molecule has 3 aromatic rings. The number of carbonyl (C=O) groups is 1. The summed E-state index contributed by atoms with van der Waals surface area (Å²) in [7, 11) is 3.28. The van der Waals surface area contributed by atoms with Gasteiger partial charge in [-0.1, -0.05) is 35.9 Å². The summed E-state index contributed by atoms with van der Waals surface area (Å²) >= 11 is 5.96. The number of phenols is 1. The highest BCUT2D eigenvalue weighted by Crippen LogP contribution is 2.27. The molecule has 0 saturated heterocycles. The quantitative estimate of drug-likeness (QED) is 0.597. The summed E-state index contributed by atoms with van der Waals surface area (Å²) in [4.78, 5) is 14.2. The second-order valence-corrected chi connectivity index (χ2v) is 6.87. The summed E-state index contributed by atoms with van der Waals surface area (Å²) in [6.45, 7) is 0.469. The molecule has 3 rings (SSSR count). The molecule has 0 saturated carbocycles. The monoisotopic (exact) mass is 411 g/mol. The number of nitrogens with zero attached hydrogens (tertiary/aromatic N) is 1. The van der Waals surface area contributed by atoms with Crippen molar-refractivity contribution in [1.29, 1.82) is 0 Å². The Balaban J connectivity index is 1.68. The first-order valence-corrected chi connectivity index (χ1v) is 9.48. The summed E-state index contributed by atoms with van der Waals surface area (Å²) in [6, 6.07) is 19.4. The van der Waals surface area contributed by atoms with Crippen molar-refractivity contribution in [2.45, 2.75) is 6.42 Å². The summed E-state index contributed by atoms with van der Waals surface area (Å²) < 4.78 is 11.2. The molecule has 0 spiro atoms. The third kappa shape index (κ3) is 5.00. The Morgan fingerprint density at radius 2 is 1.86 bits per heavy atom. The summed E-state index contributed by atoms with van der Waals surface area (Å²) in [5.74, 6) is 0.996. The molecule has 0 aromatic heterocycles. The van der Waals surface area contributed by atoms with Gasteiger partial charge in [-0.15, -0.1) is 0 Å². The van der Waals surface area contributed by atoms with E-state index in [2.05, 4.69) is 0 Å². The van der Waals surface area contributed by atoms with Crippen molar-refractivity contribution < 1.29 is 19.4 Å². The van der Waals surface area contributed by atoms with E-state index in [1.807, 2.05) is 36.4 Å². The lowest BCUT2D eigenvalue weighted by molar-refractivity contribution is 0.0990. The third-order valence-electron chi connectivity index (χ3n) is 4.53. The predicted molar refractivity (Wildman–Crippen MR) is 114 cm³/mol. The van der Waals surface area contributed by atoms with Crippen LogP contribution in [0.1, 0.15) is 15.9 Å². The van der Waals surface area contributed by atoms with E-state index in [9.17, 15) is 9.90 Å². The van der Waals surface area contributed by atoms with Gasteiger partial charge in [0.2, 0.25) is 0 Å². The maximum Gasteiger partial charge on any atom is 0.261 e. The van der Waals surface area contributed by atoms with Gasteiger partial charge in [0.25, 0.3) is 5.91 Å². The molecule has 3 aromatic carbocycles. The maximum atomic E-state index is 12.8. The lowest BCUT2D eigenvalue weighted by Crippen LogP contribution is -2.26. The van der Waals surface area contributed by atoms with E-state index in [1.165, 1.54) is 23.1 Å².